The second kappa shape index (κ2) is 6.52. The molecule has 2 aromatic carbocycles. The lowest BCUT2D eigenvalue weighted by molar-refractivity contribution is 0.615. The second-order valence-corrected chi connectivity index (χ2v) is 6.01. The third-order valence-electron chi connectivity index (χ3n) is 4.16. The fourth-order valence-corrected chi connectivity index (χ4v) is 2.89. The molecule has 0 spiro atoms. The van der Waals surface area contributed by atoms with Gasteiger partial charge in [0.1, 0.15) is 11.5 Å². The molecule has 0 aliphatic rings. The van der Waals surface area contributed by atoms with E-state index in [1.807, 2.05) is 25.1 Å². The smallest absolute Gasteiger partial charge is 0.173 e. The zero-order valence-corrected chi connectivity index (χ0v) is 14.0. The van der Waals surface area contributed by atoms with Crippen molar-refractivity contribution in [3.8, 4) is 11.3 Å². The summed E-state index contributed by atoms with van der Waals surface area (Å²) in [5, 5.41) is 3.72. The lowest BCUT2D eigenvalue weighted by Crippen LogP contribution is -2.01. The molecule has 3 nitrogen and oxygen atoms in total. The highest BCUT2D eigenvalue weighted by molar-refractivity contribution is 5.96. The first-order valence-corrected chi connectivity index (χ1v) is 8.15. The van der Waals surface area contributed by atoms with E-state index in [-0.39, 0.29) is 16.9 Å². The van der Waals surface area contributed by atoms with Crippen LogP contribution in [0, 0.1) is 18.6 Å². The first-order chi connectivity index (χ1) is 12.6. The van der Waals surface area contributed by atoms with Crippen molar-refractivity contribution in [3.63, 3.8) is 0 Å². The van der Waals surface area contributed by atoms with Gasteiger partial charge in [-0.3, -0.25) is 4.98 Å². The number of hydrogen-bond donors (Lipinski definition) is 1. The van der Waals surface area contributed by atoms with E-state index < -0.39 is 11.6 Å². The Morgan fingerprint density at radius 1 is 0.923 bits per heavy atom. The van der Waals surface area contributed by atoms with Gasteiger partial charge in [0.15, 0.2) is 5.82 Å². The zero-order chi connectivity index (χ0) is 18.1. The summed E-state index contributed by atoms with van der Waals surface area (Å²) >= 11 is 0. The maximum Gasteiger partial charge on any atom is 0.173 e. The van der Waals surface area contributed by atoms with Gasteiger partial charge in [-0.05, 0) is 42.8 Å². The highest BCUT2D eigenvalue weighted by Crippen LogP contribution is 2.35. The number of nitrogens with one attached hydrogen (secondary N) is 1. The number of halogens is 2. The summed E-state index contributed by atoms with van der Waals surface area (Å²) in [4.78, 5) is 8.37. The van der Waals surface area contributed by atoms with Crippen molar-refractivity contribution >= 4 is 22.3 Å². The van der Waals surface area contributed by atoms with E-state index in [9.17, 15) is 4.39 Å². The van der Waals surface area contributed by atoms with Gasteiger partial charge in [0.05, 0.1) is 11.2 Å². The lowest BCUT2D eigenvalue weighted by Gasteiger charge is -2.15. The van der Waals surface area contributed by atoms with Gasteiger partial charge in [-0.2, -0.15) is 0 Å². The molecule has 26 heavy (non-hydrogen) atoms. The quantitative estimate of drug-likeness (QED) is 0.522. The molecule has 0 bridgehead atoms. The number of nitrogens with zero attached hydrogens (tertiary/aromatic N) is 2. The van der Waals surface area contributed by atoms with Gasteiger partial charge in [0.25, 0.3) is 0 Å². The maximum atomic E-state index is 15.3. The number of aryl methyl sites for hydroxylation is 1. The molecule has 1 N–H and O–H groups in total. The van der Waals surface area contributed by atoms with E-state index in [4.69, 9.17) is 0 Å². The Bertz CT molecular complexity index is 1100. The monoisotopic (exact) mass is 347 g/mol. The Hall–Kier alpha value is -3.34. The van der Waals surface area contributed by atoms with Gasteiger partial charge in [-0.1, -0.05) is 24.3 Å². The van der Waals surface area contributed by atoms with Crippen LogP contribution in [-0.4, -0.2) is 9.97 Å². The van der Waals surface area contributed by atoms with Crippen molar-refractivity contribution in [1.82, 2.24) is 9.97 Å². The van der Waals surface area contributed by atoms with Gasteiger partial charge in [0, 0.05) is 29.0 Å². The molecule has 128 valence electrons. The van der Waals surface area contributed by atoms with Gasteiger partial charge in [0.2, 0.25) is 0 Å². The summed E-state index contributed by atoms with van der Waals surface area (Å²) in [6, 6.07) is 15.1. The molecule has 0 saturated heterocycles. The minimum atomic E-state index is -0.594. The zero-order valence-electron chi connectivity index (χ0n) is 14.0. The molecule has 0 amide bonds. The van der Waals surface area contributed by atoms with Crippen LogP contribution < -0.4 is 5.32 Å². The van der Waals surface area contributed by atoms with Crippen molar-refractivity contribution in [2.45, 2.75) is 6.92 Å². The molecular formula is C21H15F2N3. The van der Waals surface area contributed by atoms with E-state index in [0.717, 1.165) is 5.56 Å². The minimum absolute atomic E-state index is 0.0160. The van der Waals surface area contributed by atoms with Crippen molar-refractivity contribution in [1.29, 1.82) is 0 Å². The van der Waals surface area contributed by atoms with Crippen molar-refractivity contribution < 1.29 is 8.78 Å². The number of pyridine rings is 2. The highest BCUT2D eigenvalue weighted by atomic mass is 19.1. The number of anilines is 2. The van der Waals surface area contributed by atoms with Crippen LogP contribution >= 0.6 is 0 Å². The fraction of sp³-hybridized carbons (Fsp3) is 0.0476. The van der Waals surface area contributed by atoms with Crippen molar-refractivity contribution in [2.24, 2.45) is 0 Å². The number of rotatable bonds is 3. The van der Waals surface area contributed by atoms with Crippen LogP contribution in [0.5, 0.6) is 0 Å². The molecule has 5 heteroatoms. The summed E-state index contributed by atoms with van der Waals surface area (Å²) in [7, 11) is 0. The summed E-state index contributed by atoms with van der Waals surface area (Å²) in [5.74, 6) is -1.11. The topological polar surface area (TPSA) is 37.8 Å². The predicted octanol–water partition coefficient (Wildman–Crippen LogP) is 5.63. The summed E-state index contributed by atoms with van der Waals surface area (Å²) in [6.45, 7) is 1.93. The first kappa shape index (κ1) is 16.1. The molecule has 0 aliphatic carbocycles. The molecule has 2 aromatic heterocycles. The van der Waals surface area contributed by atoms with Crippen LogP contribution in [0.3, 0.4) is 0 Å². The van der Waals surface area contributed by atoms with Gasteiger partial charge in [-0.25, -0.2) is 13.8 Å². The standard InChI is InChI=1S/C21H15F2N3/c1-13-6-7-16-18(12-13)26-20(15-4-2-3-5-17(15)22)19(23)21(16)25-14-8-10-24-11-9-14/h2-12H,1H3,(H,24,25,26). The Morgan fingerprint density at radius 3 is 2.46 bits per heavy atom. The van der Waals surface area contributed by atoms with Gasteiger partial charge in [-0.15, -0.1) is 0 Å². The van der Waals surface area contributed by atoms with Crippen LogP contribution in [-0.2, 0) is 0 Å². The molecule has 0 fully saturated rings. The molecule has 4 aromatic rings. The second-order valence-electron chi connectivity index (χ2n) is 6.01. The lowest BCUT2D eigenvalue weighted by atomic mass is 10.0. The molecule has 0 radical (unpaired) electrons. The van der Waals surface area contributed by atoms with Crippen molar-refractivity contribution in [3.05, 3.63) is 84.2 Å². The van der Waals surface area contributed by atoms with E-state index in [0.29, 0.717) is 16.6 Å². The Morgan fingerprint density at radius 2 is 1.69 bits per heavy atom. The Labute approximate surface area is 149 Å². The molecule has 0 aliphatic heterocycles. The summed E-state index contributed by atoms with van der Waals surface area (Å²) < 4.78 is 29.6. The Kier molecular flexibility index (Phi) is 4.05. The molecule has 4 rings (SSSR count). The average Bonchev–Trinajstić information content (AvgIpc) is 2.65. The van der Waals surface area contributed by atoms with Crippen LogP contribution in [0.25, 0.3) is 22.2 Å². The van der Waals surface area contributed by atoms with Crippen LogP contribution in [0.4, 0.5) is 20.2 Å². The highest BCUT2D eigenvalue weighted by Gasteiger charge is 2.19. The van der Waals surface area contributed by atoms with Crippen LogP contribution in [0.2, 0.25) is 0 Å². The van der Waals surface area contributed by atoms with E-state index in [1.165, 1.54) is 12.1 Å². The summed E-state index contributed by atoms with van der Waals surface area (Å²) in [5.41, 5.74) is 2.65. The molecular weight excluding hydrogens is 332 g/mol. The van der Waals surface area contributed by atoms with E-state index >= 15 is 4.39 Å². The number of benzene rings is 2. The van der Waals surface area contributed by atoms with E-state index in [1.54, 1.807) is 36.7 Å². The molecule has 0 saturated carbocycles. The fourth-order valence-electron chi connectivity index (χ4n) is 2.89. The molecule has 0 unspecified atom stereocenters. The first-order valence-electron chi connectivity index (χ1n) is 8.15. The summed E-state index contributed by atoms with van der Waals surface area (Å²) in [6.07, 6.45) is 3.23. The van der Waals surface area contributed by atoms with Gasteiger partial charge >= 0.3 is 0 Å². The van der Waals surface area contributed by atoms with Crippen LogP contribution in [0.1, 0.15) is 5.56 Å². The SMILES string of the molecule is Cc1ccc2c(Nc3ccncc3)c(F)c(-c3ccccc3F)nc2c1. The average molecular weight is 347 g/mol. The third kappa shape index (κ3) is 2.88. The maximum absolute atomic E-state index is 15.3. The number of aromatic nitrogens is 2. The molecule has 0 atom stereocenters. The van der Waals surface area contributed by atoms with Crippen molar-refractivity contribution in [2.75, 3.05) is 5.32 Å². The van der Waals surface area contributed by atoms with Crippen LogP contribution in [0.15, 0.2) is 67.0 Å². The number of fused-ring (bicyclic) bond motifs is 1. The normalized spacial score (nSPS) is 10.9. The Balaban J connectivity index is 1.99. The number of hydrogen-bond acceptors (Lipinski definition) is 3. The predicted molar refractivity (Wildman–Crippen MR) is 99.4 cm³/mol. The minimum Gasteiger partial charge on any atom is -0.352 e. The van der Waals surface area contributed by atoms with E-state index in [2.05, 4.69) is 15.3 Å². The largest absolute Gasteiger partial charge is 0.352 e. The third-order valence-corrected chi connectivity index (χ3v) is 4.16. The molecule has 2 heterocycles. The van der Waals surface area contributed by atoms with Gasteiger partial charge < -0.3 is 5.32 Å².